The molecule has 88 valence electrons. The number of ether oxygens (including phenoxy) is 1. The summed E-state index contributed by atoms with van der Waals surface area (Å²) in [5.41, 5.74) is 0. The Kier molecular flexibility index (Phi) is 4.84. The van der Waals surface area contributed by atoms with Crippen molar-refractivity contribution in [2.45, 2.75) is 38.6 Å². The van der Waals surface area contributed by atoms with E-state index in [1.165, 1.54) is 0 Å². The van der Waals surface area contributed by atoms with E-state index < -0.39 is 6.04 Å². The molecule has 4 heteroatoms. The normalized spacial score (nSPS) is 19.2. The zero-order chi connectivity index (χ0) is 12.0. The summed E-state index contributed by atoms with van der Waals surface area (Å²) in [5, 5.41) is 0. The summed E-state index contributed by atoms with van der Waals surface area (Å²) in [6, 6.07) is -0.398. The molecule has 1 fully saturated rings. The number of hydrogen-bond acceptors (Lipinski definition) is 3. The molecule has 0 saturated carbocycles. The van der Waals surface area contributed by atoms with Crippen LogP contribution in [0.4, 0.5) is 0 Å². The first-order chi connectivity index (χ1) is 7.70. The lowest BCUT2D eigenvalue weighted by Crippen LogP contribution is -2.41. The number of terminal acetylenes is 1. The summed E-state index contributed by atoms with van der Waals surface area (Å²) in [6.45, 7) is 2.74. The van der Waals surface area contributed by atoms with Crippen LogP contribution in [0, 0.1) is 12.3 Å². The molecule has 16 heavy (non-hydrogen) atoms. The van der Waals surface area contributed by atoms with Crippen molar-refractivity contribution in [2.75, 3.05) is 13.2 Å². The minimum Gasteiger partial charge on any atom is -0.464 e. The molecule has 1 unspecified atom stereocenters. The summed E-state index contributed by atoms with van der Waals surface area (Å²) in [6.07, 6.45) is 7.39. The maximum atomic E-state index is 11.7. The van der Waals surface area contributed by atoms with Gasteiger partial charge in [0.05, 0.1) is 6.61 Å². The fourth-order valence-electron chi connectivity index (χ4n) is 1.87. The second-order valence-electron chi connectivity index (χ2n) is 3.70. The third-order valence-electron chi connectivity index (χ3n) is 2.62. The van der Waals surface area contributed by atoms with Crippen LogP contribution in [-0.4, -0.2) is 36.0 Å². The van der Waals surface area contributed by atoms with Crippen LogP contribution in [-0.2, 0) is 14.3 Å². The van der Waals surface area contributed by atoms with Crippen LogP contribution in [0.2, 0.25) is 0 Å². The van der Waals surface area contributed by atoms with Crippen molar-refractivity contribution in [3.8, 4) is 12.3 Å². The molecule has 1 saturated heterocycles. The van der Waals surface area contributed by atoms with Gasteiger partial charge in [-0.05, 0) is 19.8 Å². The fourth-order valence-corrected chi connectivity index (χ4v) is 1.87. The minimum absolute atomic E-state index is 0.0477. The second-order valence-corrected chi connectivity index (χ2v) is 3.70. The van der Waals surface area contributed by atoms with Crippen molar-refractivity contribution in [1.82, 2.24) is 4.90 Å². The molecule has 0 bridgehead atoms. The molecule has 0 aromatic heterocycles. The molecule has 0 aromatic rings. The molecule has 0 N–H and O–H groups in total. The van der Waals surface area contributed by atoms with Crippen molar-refractivity contribution >= 4 is 11.9 Å². The largest absolute Gasteiger partial charge is 0.464 e. The Morgan fingerprint density at radius 3 is 2.94 bits per heavy atom. The van der Waals surface area contributed by atoms with E-state index in [1.54, 1.807) is 11.8 Å². The number of nitrogens with zero attached hydrogens (tertiary/aromatic N) is 1. The van der Waals surface area contributed by atoms with E-state index in [1.807, 2.05) is 0 Å². The highest BCUT2D eigenvalue weighted by atomic mass is 16.5. The lowest BCUT2D eigenvalue weighted by atomic mass is 10.2. The molecule has 4 nitrogen and oxygen atoms in total. The Morgan fingerprint density at radius 2 is 2.31 bits per heavy atom. The van der Waals surface area contributed by atoms with Crippen molar-refractivity contribution in [2.24, 2.45) is 0 Å². The maximum Gasteiger partial charge on any atom is 0.328 e. The Labute approximate surface area is 95.9 Å². The average Bonchev–Trinajstić information content (AvgIpc) is 2.75. The number of likely N-dealkylation sites (tertiary alicyclic amines) is 1. The molecule has 1 heterocycles. The van der Waals surface area contributed by atoms with Crippen molar-refractivity contribution in [1.29, 1.82) is 0 Å². The molecule has 0 radical (unpaired) electrons. The van der Waals surface area contributed by atoms with Gasteiger partial charge in [-0.25, -0.2) is 4.79 Å². The molecule has 1 aliphatic heterocycles. The van der Waals surface area contributed by atoms with Crippen LogP contribution in [0.15, 0.2) is 0 Å². The van der Waals surface area contributed by atoms with Crippen LogP contribution in [0.3, 0.4) is 0 Å². The summed E-state index contributed by atoms with van der Waals surface area (Å²) < 4.78 is 4.94. The maximum absolute atomic E-state index is 11.7. The van der Waals surface area contributed by atoms with Gasteiger partial charge < -0.3 is 9.64 Å². The zero-order valence-electron chi connectivity index (χ0n) is 9.57. The van der Waals surface area contributed by atoms with Gasteiger partial charge in [-0.1, -0.05) is 0 Å². The molecular weight excluding hydrogens is 206 g/mol. The van der Waals surface area contributed by atoms with Gasteiger partial charge in [0.15, 0.2) is 0 Å². The Hall–Kier alpha value is -1.50. The van der Waals surface area contributed by atoms with Gasteiger partial charge in [0.2, 0.25) is 5.91 Å². The lowest BCUT2D eigenvalue weighted by Gasteiger charge is -2.22. The van der Waals surface area contributed by atoms with Gasteiger partial charge in [0.1, 0.15) is 6.04 Å². The molecule has 1 aliphatic rings. The first-order valence-electron chi connectivity index (χ1n) is 5.60. The van der Waals surface area contributed by atoms with E-state index in [0.717, 1.165) is 6.42 Å². The molecule has 1 atom stereocenters. The van der Waals surface area contributed by atoms with E-state index in [-0.39, 0.29) is 11.9 Å². The molecule has 1 amide bonds. The topological polar surface area (TPSA) is 46.6 Å². The minimum atomic E-state index is -0.398. The first kappa shape index (κ1) is 12.6. The Morgan fingerprint density at radius 1 is 1.56 bits per heavy atom. The molecular formula is C12H17NO3. The van der Waals surface area contributed by atoms with Crippen LogP contribution in [0.5, 0.6) is 0 Å². The number of carbonyl (C=O) groups excluding carboxylic acids is 2. The highest BCUT2D eigenvalue weighted by Crippen LogP contribution is 2.19. The number of hydrogen-bond donors (Lipinski definition) is 0. The standard InChI is InChI=1S/C12H17NO3/c1-3-5-8-11(14)13-9-6-7-10(13)12(15)16-4-2/h1,10H,4-9H2,2H3. The number of carbonyl (C=O) groups is 2. The monoisotopic (exact) mass is 223 g/mol. The molecule has 0 aliphatic carbocycles. The third-order valence-corrected chi connectivity index (χ3v) is 2.62. The second kappa shape index (κ2) is 6.16. The van der Waals surface area contributed by atoms with E-state index in [9.17, 15) is 9.59 Å². The molecule has 1 rings (SSSR count). The van der Waals surface area contributed by atoms with Crippen molar-refractivity contribution in [3.05, 3.63) is 0 Å². The highest BCUT2D eigenvalue weighted by Gasteiger charge is 2.34. The van der Waals surface area contributed by atoms with Crippen LogP contribution >= 0.6 is 0 Å². The summed E-state index contributed by atoms with van der Waals surface area (Å²) in [7, 11) is 0. The smallest absolute Gasteiger partial charge is 0.328 e. The van der Waals surface area contributed by atoms with E-state index in [4.69, 9.17) is 11.2 Å². The SMILES string of the molecule is C#CCCC(=O)N1CCCC1C(=O)OCC. The predicted molar refractivity (Wildman–Crippen MR) is 59.4 cm³/mol. The predicted octanol–water partition coefficient (Wildman–Crippen LogP) is 0.954. The van der Waals surface area contributed by atoms with Crippen LogP contribution in [0.1, 0.15) is 32.6 Å². The third kappa shape index (κ3) is 2.99. The average molecular weight is 223 g/mol. The zero-order valence-corrected chi connectivity index (χ0v) is 9.57. The van der Waals surface area contributed by atoms with E-state index >= 15 is 0 Å². The molecule has 0 aromatic carbocycles. The number of esters is 1. The van der Waals surface area contributed by atoms with Gasteiger partial charge in [0.25, 0.3) is 0 Å². The van der Waals surface area contributed by atoms with Gasteiger partial charge in [-0.3, -0.25) is 4.79 Å². The van der Waals surface area contributed by atoms with E-state index in [0.29, 0.717) is 32.4 Å². The highest BCUT2D eigenvalue weighted by molar-refractivity contribution is 5.85. The quantitative estimate of drug-likeness (QED) is 0.526. The van der Waals surface area contributed by atoms with Crippen molar-refractivity contribution in [3.63, 3.8) is 0 Å². The van der Waals surface area contributed by atoms with Gasteiger partial charge >= 0.3 is 5.97 Å². The summed E-state index contributed by atoms with van der Waals surface area (Å²) >= 11 is 0. The van der Waals surface area contributed by atoms with Gasteiger partial charge in [0, 0.05) is 19.4 Å². The van der Waals surface area contributed by atoms with E-state index in [2.05, 4.69) is 5.92 Å². The van der Waals surface area contributed by atoms with Gasteiger partial charge in [-0.2, -0.15) is 0 Å². The Bertz CT molecular complexity index is 306. The lowest BCUT2D eigenvalue weighted by molar-refractivity contribution is -0.153. The fraction of sp³-hybridized carbons (Fsp3) is 0.667. The number of amides is 1. The Balaban J connectivity index is 2.55. The summed E-state index contributed by atoms with van der Waals surface area (Å²) in [4.78, 5) is 24.9. The van der Waals surface area contributed by atoms with Crippen LogP contribution in [0.25, 0.3) is 0 Å². The number of rotatable bonds is 4. The first-order valence-corrected chi connectivity index (χ1v) is 5.60. The summed E-state index contributed by atoms with van der Waals surface area (Å²) in [5.74, 6) is 2.08. The van der Waals surface area contributed by atoms with Crippen LogP contribution < -0.4 is 0 Å². The van der Waals surface area contributed by atoms with Crippen molar-refractivity contribution < 1.29 is 14.3 Å². The molecule has 0 spiro atoms. The van der Waals surface area contributed by atoms with Gasteiger partial charge in [-0.15, -0.1) is 12.3 Å².